The first-order chi connectivity index (χ1) is 6.81. The second-order valence-corrected chi connectivity index (χ2v) is 2.67. The van der Waals surface area contributed by atoms with Crippen LogP contribution in [-0.2, 0) is 11.3 Å². The molecule has 0 aliphatic rings. The van der Waals surface area contributed by atoms with Gasteiger partial charge in [-0.05, 0) is 12.1 Å². The summed E-state index contributed by atoms with van der Waals surface area (Å²) in [5, 5.41) is 2.56. The number of carbonyl (C=O) groups is 1. The van der Waals surface area contributed by atoms with E-state index in [1.54, 1.807) is 13.2 Å². The SMILES string of the molecule is C#Cc1ccc(CNC=O)c(OC)c1. The fourth-order valence-electron chi connectivity index (χ4n) is 1.13. The Morgan fingerprint density at radius 2 is 2.43 bits per heavy atom. The van der Waals surface area contributed by atoms with E-state index >= 15 is 0 Å². The van der Waals surface area contributed by atoms with Crippen LogP contribution in [-0.4, -0.2) is 13.5 Å². The molecule has 1 aromatic carbocycles. The van der Waals surface area contributed by atoms with Gasteiger partial charge < -0.3 is 10.1 Å². The highest BCUT2D eigenvalue weighted by molar-refractivity contribution is 5.48. The molecule has 0 unspecified atom stereocenters. The molecule has 1 amide bonds. The maximum absolute atomic E-state index is 10.1. The lowest BCUT2D eigenvalue weighted by Gasteiger charge is -2.07. The number of nitrogens with one attached hydrogen (secondary N) is 1. The van der Waals surface area contributed by atoms with Crippen LogP contribution in [0.1, 0.15) is 11.1 Å². The van der Waals surface area contributed by atoms with Gasteiger partial charge in [-0.25, -0.2) is 0 Å². The number of carbonyl (C=O) groups excluding carboxylic acids is 1. The Morgan fingerprint density at radius 3 is 3.00 bits per heavy atom. The van der Waals surface area contributed by atoms with E-state index in [4.69, 9.17) is 11.2 Å². The minimum atomic E-state index is 0.442. The first-order valence-electron chi connectivity index (χ1n) is 4.12. The molecular formula is C11H11NO2. The Bertz CT molecular complexity index is 366. The van der Waals surface area contributed by atoms with Crippen molar-refractivity contribution in [1.29, 1.82) is 0 Å². The van der Waals surface area contributed by atoms with Crippen LogP contribution in [0.25, 0.3) is 0 Å². The van der Waals surface area contributed by atoms with E-state index < -0.39 is 0 Å². The standard InChI is InChI=1S/C11H11NO2/c1-3-9-4-5-10(7-12-8-13)11(6-9)14-2/h1,4-6,8H,7H2,2H3,(H,12,13). The Kier molecular flexibility index (Phi) is 3.57. The van der Waals surface area contributed by atoms with E-state index in [9.17, 15) is 4.79 Å². The van der Waals surface area contributed by atoms with Crippen molar-refractivity contribution in [3.8, 4) is 18.1 Å². The molecule has 1 aromatic rings. The topological polar surface area (TPSA) is 38.3 Å². The van der Waals surface area contributed by atoms with Gasteiger partial charge >= 0.3 is 0 Å². The highest BCUT2D eigenvalue weighted by Gasteiger charge is 2.02. The van der Waals surface area contributed by atoms with Crippen LogP contribution in [0.15, 0.2) is 18.2 Å². The maximum Gasteiger partial charge on any atom is 0.207 e. The third-order valence-corrected chi connectivity index (χ3v) is 1.83. The molecule has 0 atom stereocenters. The normalized spacial score (nSPS) is 8.86. The predicted molar refractivity (Wildman–Crippen MR) is 53.8 cm³/mol. The van der Waals surface area contributed by atoms with Crippen molar-refractivity contribution in [1.82, 2.24) is 5.32 Å². The van der Waals surface area contributed by atoms with E-state index in [2.05, 4.69) is 11.2 Å². The van der Waals surface area contributed by atoms with Gasteiger partial charge in [0.25, 0.3) is 0 Å². The molecule has 72 valence electrons. The van der Waals surface area contributed by atoms with Crippen LogP contribution < -0.4 is 10.1 Å². The van der Waals surface area contributed by atoms with Crippen LogP contribution in [0.4, 0.5) is 0 Å². The van der Waals surface area contributed by atoms with Gasteiger partial charge in [-0.3, -0.25) is 4.79 Å². The molecule has 0 radical (unpaired) electrons. The summed E-state index contributed by atoms with van der Waals surface area (Å²) in [5.74, 6) is 3.20. The molecule has 0 saturated carbocycles. The van der Waals surface area contributed by atoms with Gasteiger partial charge in [0, 0.05) is 17.7 Å². The van der Waals surface area contributed by atoms with Crippen LogP contribution >= 0.6 is 0 Å². The van der Waals surface area contributed by atoms with Crippen molar-refractivity contribution in [2.24, 2.45) is 0 Å². The Balaban J connectivity index is 2.94. The van der Waals surface area contributed by atoms with Gasteiger partial charge in [0.15, 0.2) is 0 Å². The molecule has 1 N–H and O–H groups in total. The van der Waals surface area contributed by atoms with Gasteiger partial charge in [-0.15, -0.1) is 6.42 Å². The van der Waals surface area contributed by atoms with Crippen molar-refractivity contribution in [2.45, 2.75) is 6.54 Å². The zero-order valence-electron chi connectivity index (χ0n) is 7.91. The molecule has 3 heteroatoms. The van der Waals surface area contributed by atoms with Crippen molar-refractivity contribution >= 4 is 6.41 Å². The third kappa shape index (κ3) is 2.27. The summed E-state index contributed by atoms with van der Waals surface area (Å²) in [7, 11) is 1.57. The Labute approximate surface area is 83.1 Å². The van der Waals surface area contributed by atoms with E-state index in [-0.39, 0.29) is 0 Å². The summed E-state index contributed by atoms with van der Waals surface area (Å²) in [5.41, 5.74) is 1.66. The summed E-state index contributed by atoms with van der Waals surface area (Å²) < 4.78 is 5.13. The highest BCUT2D eigenvalue weighted by Crippen LogP contribution is 2.19. The van der Waals surface area contributed by atoms with E-state index in [1.165, 1.54) is 0 Å². The Morgan fingerprint density at radius 1 is 1.64 bits per heavy atom. The molecule has 14 heavy (non-hydrogen) atoms. The average molecular weight is 189 g/mol. The summed E-state index contributed by atoms with van der Waals surface area (Å²) in [4.78, 5) is 10.1. The zero-order chi connectivity index (χ0) is 10.4. The smallest absolute Gasteiger partial charge is 0.207 e. The van der Waals surface area contributed by atoms with E-state index in [0.29, 0.717) is 18.7 Å². The van der Waals surface area contributed by atoms with Crippen LogP contribution in [0.3, 0.4) is 0 Å². The molecule has 0 spiro atoms. The number of benzene rings is 1. The van der Waals surface area contributed by atoms with Gasteiger partial charge in [0.05, 0.1) is 7.11 Å². The van der Waals surface area contributed by atoms with Crippen LogP contribution in [0.2, 0.25) is 0 Å². The lowest BCUT2D eigenvalue weighted by atomic mass is 10.1. The van der Waals surface area contributed by atoms with E-state index in [0.717, 1.165) is 11.1 Å². The largest absolute Gasteiger partial charge is 0.496 e. The lowest BCUT2D eigenvalue weighted by molar-refractivity contribution is -0.109. The molecular weight excluding hydrogens is 178 g/mol. The first-order valence-corrected chi connectivity index (χ1v) is 4.12. The fraction of sp³-hybridized carbons (Fsp3) is 0.182. The first kappa shape index (κ1) is 10.1. The molecule has 1 rings (SSSR count). The molecule has 0 saturated heterocycles. The Hall–Kier alpha value is -1.95. The summed E-state index contributed by atoms with van der Waals surface area (Å²) in [6, 6.07) is 5.41. The number of rotatable bonds is 4. The van der Waals surface area contributed by atoms with Gasteiger partial charge in [-0.1, -0.05) is 12.0 Å². The van der Waals surface area contributed by atoms with Crippen LogP contribution in [0.5, 0.6) is 5.75 Å². The number of hydrogen-bond acceptors (Lipinski definition) is 2. The van der Waals surface area contributed by atoms with Gasteiger partial charge in [0.2, 0.25) is 6.41 Å². The molecule has 0 heterocycles. The molecule has 0 aliphatic carbocycles. The summed E-state index contributed by atoms with van der Waals surface area (Å²) >= 11 is 0. The van der Waals surface area contributed by atoms with Crippen molar-refractivity contribution in [2.75, 3.05) is 7.11 Å². The van der Waals surface area contributed by atoms with Crippen molar-refractivity contribution in [3.05, 3.63) is 29.3 Å². The number of terminal acetylenes is 1. The number of ether oxygens (including phenoxy) is 1. The third-order valence-electron chi connectivity index (χ3n) is 1.83. The lowest BCUT2D eigenvalue weighted by Crippen LogP contribution is -2.10. The number of amides is 1. The fourth-order valence-corrected chi connectivity index (χ4v) is 1.13. The van der Waals surface area contributed by atoms with Crippen LogP contribution in [0, 0.1) is 12.3 Å². The monoisotopic (exact) mass is 189 g/mol. The second kappa shape index (κ2) is 4.93. The molecule has 0 fully saturated rings. The van der Waals surface area contributed by atoms with Crippen molar-refractivity contribution in [3.63, 3.8) is 0 Å². The predicted octanol–water partition coefficient (Wildman–Crippen LogP) is 0.922. The maximum atomic E-state index is 10.1. The average Bonchev–Trinajstić information content (AvgIpc) is 2.26. The second-order valence-electron chi connectivity index (χ2n) is 2.67. The summed E-state index contributed by atoms with van der Waals surface area (Å²) in [6.45, 7) is 0.442. The molecule has 0 aliphatic heterocycles. The van der Waals surface area contributed by atoms with Gasteiger partial charge in [-0.2, -0.15) is 0 Å². The van der Waals surface area contributed by atoms with Crippen molar-refractivity contribution < 1.29 is 9.53 Å². The zero-order valence-corrected chi connectivity index (χ0v) is 7.91. The van der Waals surface area contributed by atoms with Gasteiger partial charge in [0.1, 0.15) is 5.75 Å². The number of hydrogen-bond donors (Lipinski definition) is 1. The van der Waals surface area contributed by atoms with E-state index in [1.807, 2.05) is 12.1 Å². The molecule has 0 bridgehead atoms. The molecule has 3 nitrogen and oxygen atoms in total. The quantitative estimate of drug-likeness (QED) is 0.565. The minimum absolute atomic E-state index is 0.442. The summed E-state index contributed by atoms with van der Waals surface area (Å²) in [6.07, 6.45) is 5.89. The number of methoxy groups -OCH3 is 1. The highest BCUT2D eigenvalue weighted by atomic mass is 16.5. The minimum Gasteiger partial charge on any atom is -0.496 e. The molecule has 0 aromatic heterocycles.